The Morgan fingerprint density at radius 2 is 2.00 bits per heavy atom. The van der Waals surface area contributed by atoms with Crippen LogP contribution in [0.2, 0.25) is 0 Å². The topological polar surface area (TPSA) is 37.8 Å². The SMILES string of the molecule is CCCNc1nc(C(F)(F)C(F)F)nc2ccc(Br)cc12. The highest BCUT2D eigenvalue weighted by molar-refractivity contribution is 9.10. The molecule has 0 bridgehead atoms. The summed E-state index contributed by atoms with van der Waals surface area (Å²) < 4.78 is 52.6. The summed E-state index contributed by atoms with van der Waals surface area (Å²) in [6, 6.07) is 4.73. The zero-order valence-electron chi connectivity index (χ0n) is 11.0. The molecule has 2 rings (SSSR count). The highest BCUT2D eigenvalue weighted by atomic mass is 79.9. The van der Waals surface area contributed by atoms with E-state index in [1.165, 1.54) is 6.07 Å². The number of hydrogen-bond acceptors (Lipinski definition) is 3. The third kappa shape index (κ3) is 3.25. The molecule has 0 unspecified atom stereocenters. The summed E-state index contributed by atoms with van der Waals surface area (Å²) in [5.74, 6) is -5.44. The maximum Gasteiger partial charge on any atom is 0.365 e. The van der Waals surface area contributed by atoms with Crippen molar-refractivity contribution in [1.82, 2.24) is 9.97 Å². The van der Waals surface area contributed by atoms with Gasteiger partial charge in [0.15, 0.2) is 0 Å². The molecule has 0 spiro atoms. The van der Waals surface area contributed by atoms with Crippen LogP contribution in [0.15, 0.2) is 22.7 Å². The Hall–Kier alpha value is -1.44. The van der Waals surface area contributed by atoms with Crippen molar-refractivity contribution in [3.8, 4) is 0 Å². The van der Waals surface area contributed by atoms with Crippen molar-refractivity contribution in [3.05, 3.63) is 28.5 Å². The van der Waals surface area contributed by atoms with E-state index in [4.69, 9.17) is 0 Å². The quantitative estimate of drug-likeness (QED) is 0.788. The van der Waals surface area contributed by atoms with Crippen molar-refractivity contribution in [3.63, 3.8) is 0 Å². The third-order valence-corrected chi connectivity index (χ3v) is 3.27. The molecule has 0 aliphatic rings. The summed E-state index contributed by atoms with van der Waals surface area (Å²) in [4.78, 5) is 7.18. The molecule has 0 fully saturated rings. The number of aromatic nitrogens is 2. The largest absolute Gasteiger partial charge is 0.369 e. The average molecular weight is 366 g/mol. The van der Waals surface area contributed by atoms with Crippen LogP contribution in [-0.4, -0.2) is 22.9 Å². The predicted octanol–water partition coefficient (Wildman–Crippen LogP) is 4.57. The van der Waals surface area contributed by atoms with E-state index >= 15 is 0 Å². The Bertz CT molecular complexity index is 649. The molecule has 0 saturated carbocycles. The molecule has 21 heavy (non-hydrogen) atoms. The van der Waals surface area contributed by atoms with Crippen LogP contribution in [0.4, 0.5) is 23.4 Å². The second-order valence-corrected chi connectivity index (χ2v) is 5.32. The fourth-order valence-electron chi connectivity index (χ4n) is 1.73. The van der Waals surface area contributed by atoms with Crippen molar-refractivity contribution < 1.29 is 17.6 Å². The Morgan fingerprint density at radius 1 is 1.29 bits per heavy atom. The lowest BCUT2D eigenvalue weighted by Crippen LogP contribution is -2.27. The van der Waals surface area contributed by atoms with E-state index in [0.717, 1.165) is 6.42 Å². The molecule has 2 aromatic rings. The van der Waals surface area contributed by atoms with Crippen LogP contribution < -0.4 is 5.32 Å². The van der Waals surface area contributed by atoms with Gasteiger partial charge < -0.3 is 5.32 Å². The summed E-state index contributed by atoms with van der Waals surface area (Å²) in [6.45, 7) is 2.37. The van der Waals surface area contributed by atoms with Crippen LogP contribution >= 0.6 is 15.9 Å². The Morgan fingerprint density at radius 3 is 2.62 bits per heavy atom. The summed E-state index contributed by atoms with van der Waals surface area (Å²) in [7, 11) is 0. The number of benzene rings is 1. The molecule has 0 amide bonds. The van der Waals surface area contributed by atoms with E-state index in [9.17, 15) is 17.6 Å². The Labute approximate surface area is 126 Å². The van der Waals surface area contributed by atoms with E-state index in [1.54, 1.807) is 12.1 Å². The summed E-state index contributed by atoms with van der Waals surface area (Å²) in [6.07, 6.45) is -3.12. The smallest absolute Gasteiger partial charge is 0.365 e. The maximum atomic E-state index is 13.5. The lowest BCUT2D eigenvalue weighted by molar-refractivity contribution is -0.140. The van der Waals surface area contributed by atoms with Crippen molar-refractivity contribution >= 4 is 32.7 Å². The van der Waals surface area contributed by atoms with E-state index in [-0.39, 0.29) is 11.3 Å². The number of fused-ring (bicyclic) bond motifs is 1. The normalized spacial score (nSPS) is 12.1. The molecule has 114 valence electrons. The number of nitrogens with zero attached hydrogens (tertiary/aromatic N) is 2. The molecular weight excluding hydrogens is 354 g/mol. The van der Waals surface area contributed by atoms with E-state index < -0.39 is 18.2 Å². The number of rotatable bonds is 5. The monoisotopic (exact) mass is 365 g/mol. The number of nitrogens with one attached hydrogen (secondary N) is 1. The second-order valence-electron chi connectivity index (χ2n) is 4.41. The minimum Gasteiger partial charge on any atom is -0.369 e. The molecule has 0 aliphatic carbocycles. The molecule has 0 saturated heterocycles. The Kier molecular flexibility index (Phi) is 4.65. The molecule has 1 heterocycles. The summed E-state index contributed by atoms with van der Waals surface area (Å²) >= 11 is 3.26. The van der Waals surface area contributed by atoms with Crippen molar-refractivity contribution in [2.45, 2.75) is 25.7 Å². The first-order valence-corrected chi connectivity index (χ1v) is 7.03. The minimum atomic E-state index is -4.39. The fraction of sp³-hybridized carbons (Fsp3) is 0.385. The van der Waals surface area contributed by atoms with Crippen LogP contribution in [0.1, 0.15) is 19.2 Å². The van der Waals surface area contributed by atoms with Crippen molar-refractivity contribution in [2.24, 2.45) is 0 Å². The first kappa shape index (κ1) is 15.9. The fourth-order valence-corrected chi connectivity index (χ4v) is 2.09. The first-order valence-electron chi connectivity index (χ1n) is 6.24. The summed E-state index contributed by atoms with van der Waals surface area (Å²) in [5.41, 5.74) is 0.183. The van der Waals surface area contributed by atoms with Gasteiger partial charge in [0.2, 0.25) is 5.82 Å². The van der Waals surface area contributed by atoms with Gasteiger partial charge in [-0.2, -0.15) is 8.78 Å². The van der Waals surface area contributed by atoms with Crippen LogP contribution in [0.25, 0.3) is 10.9 Å². The molecule has 1 aromatic heterocycles. The number of anilines is 1. The number of alkyl halides is 4. The van der Waals surface area contributed by atoms with Gasteiger partial charge in [-0.3, -0.25) is 0 Å². The molecule has 0 atom stereocenters. The zero-order chi connectivity index (χ0) is 15.6. The zero-order valence-corrected chi connectivity index (χ0v) is 12.6. The van der Waals surface area contributed by atoms with Gasteiger partial charge >= 0.3 is 12.3 Å². The summed E-state index contributed by atoms with van der Waals surface area (Å²) in [5, 5.41) is 3.36. The van der Waals surface area contributed by atoms with Crippen LogP contribution in [0.3, 0.4) is 0 Å². The molecule has 1 aromatic carbocycles. The number of hydrogen-bond donors (Lipinski definition) is 1. The van der Waals surface area contributed by atoms with Crippen LogP contribution in [0, 0.1) is 0 Å². The lowest BCUT2D eigenvalue weighted by Gasteiger charge is -2.16. The molecular formula is C13H12BrF4N3. The van der Waals surface area contributed by atoms with E-state index in [2.05, 4.69) is 31.2 Å². The highest BCUT2D eigenvalue weighted by Gasteiger charge is 2.46. The van der Waals surface area contributed by atoms with E-state index in [0.29, 0.717) is 16.4 Å². The van der Waals surface area contributed by atoms with Gasteiger partial charge in [0, 0.05) is 16.4 Å². The molecule has 0 radical (unpaired) electrons. The van der Waals surface area contributed by atoms with Crippen molar-refractivity contribution in [2.75, 3.05) is 11.9 Å². The molecule has 1 N–H and O–H groups in total. The molecule has 0 aliphatic heterocycles. The third-order valence-electron chi connectivity index (χ3n) is 2.77. The Balaban J connectivity index is 2.62. The van der Waals surface area contributed by atoms with Gasteiger partial charge in [0.1, 0.15) is 5.82 Å². The number of halogens is 5. The lowest BCUT2D eigenvalue weighted by atomic mass is 10.2. The van der Waals surface area contributed by atoms with Gasteiger partial charge in [-0.25, -0.2) is 18.7 Å². The molecule has 8 heteroatoms. The highest BCUT2D eigenvalue weighted by Crippen LogP contribution is 2.35. The average Bonchev–Trinajstić information content (AvgIpc) is 2.44. The molecule has 3 nitrogen and oxygen atoms in total. The van der Waals surface area contributed by atoms with Gasteiger partial charge in [-0.15, -0.1) is 0 Å². The standard InChI is InChI=1S/C13H12BrF4N3/c1-2-5-19-10-8-6-7(14)3-4-9(8)20-12(21-10)13(17,18)11(15)16/h3-4,6,11H,2,5H2,1H3,(H,19,20,21). The second kappa shape index (κ2) is 6.13. The van der Waals surface area contributed by atoms with Gasteiger partial charge in [0.05, 0.1) is 5.52 Å². The van der Waals surface area contributed by atoms with Gasteiger partial charge in [-0.05, 0) is 24.6 Å². The van der Waals surface area contributed by atoms with Crippen LogP contribution in [0.5, 0.6) is 0 Å². The van der Waals surface area contributed by atoms with Gasteiger partial charge in [0.25, 0.3) is 0 Å². The first-order chi connectivity index (χ1) is 9.86. The van der Waals surface area contributed by atoms with Gasteiger partial charge in [-0.1, -0.05) is 22.9 Å². The predicted molar refractivity (Wildman–Crippen MR) is 75.9 cm³/mol. The maximum absolute atomic E-state index is 13.5. The van der Waals surface area contributed by atoms with Crippen LogP contribution in [-0.2, 0) is 5.92 Å². The van der Waals surface area contributed by atoms with E-state index in [1.807, 2.05) is 6.92 Å². The minimum absolute atomic E-state index is 0.124. The van der Waals surface area contributed by atoms with Crippen molar-refractivity contribution in [1.29, 1.82) is 0 Å².